The van der Waals surface area contributed by atoms with Gasteiger partial charge in [0, 0.05) is 11.6 Å². The first-order chi connectivity index (χ1) is 9.88. The molecule has 0 saturated heterocycles. The van der Waals surface area contributed by atoms with Crippen molar-refractivity contribution in [3.05, 3.63) is 62.7 Å². The smallest absolute Gasteiger partial charge is 0.292 e. The monoisotopic (exact) mass is 305 g/mol. The van der Waals surface area contributed by atoms with Gasteiger partial charge in [-0.1, -0.05) is 17.7 Å². The molecule has 0 aliphatic rings. The maximum atomic E-state index is 12.1. The SMILES string of the molecule is Cc1ccc([N+](=O)[O-])c(NC(=O)c2ccc(Cl)c(N)c2)c1. The van der Waals surface area contributed by atoms with Crippen LogP contribution in [0.3, 0.4) is 0 Å². The fourth-order valence-corrected chi connectivity index (χ4v) is 1.91. The van der Waals surface area contributed by atoms with Crippen molar-refractivity contribution in [3.63, 3.8) is 0 Å². The zero-order valence-corrected chi connectivity index (χ0v) is 11.8. The maximum Gasteiger partial charge on any atom is 0.292 e. The summed E-state index contributed by atoms with van der Waals surface area (Å²) in [5.74, 6) is -0.493. The van der Waals surface area contributed by atoms with E-state index in [0.29, 0.717) is 5.02 Å². The second-order valence-electron chi connectivity index (χ2n) is 4.47. The molecule has 2 aromatic rings. The maximum absolute atomic E-state index is 12.1. The van der Waals surface area contributed by atoms with Crippen LogP contribution in [-0.2, 0) is 0 Å². The number of hydrogen-bond acceptors (Lipinski definition) is 4. The third-order valence-electron chi connectivity index (χ3n) is 2.86. The van der Waals surface area contributed by atoms with E-state index in [4.69, 9.17) is 17.3 Å². The molecule has 0 radical (unpaired) electrons. The van der Waals surface area contributed by atoms with E-state index < -0.39 is 10.8 Å². The zero-order chi connectivity index (χ0) is 15.6. The summed E-state index contributed by atoms with van der Waals surface area (Å²) < 4.78 is 0. The number of nitrogens with two attached hydrogens (primary N) is 1. The number of nitrogen functional groups attached to an aromatic ring is 1. The molecule has 1 amide bonds. The van der Waals surface area contributed by atoms with E-state index in [0.717, 1.165) is 5.56 Å². The number of nitro benzene ring substituents is 1. The summed E-state index contributed by atoms with van der Waals surface area (Å²) in [5, 5.41) is 13.8. The van der Waals surface area contributed by atoms with E-state index in [1.54, 1.807) is 13.0 Å². The summed E-state index contributed by atoms with van der Waals surface area (Å²) in [5.41, 5.74) is 6.94. The van der Waals surface area contributed by atoms with Crippen LogP contribution in [0.1, 0.15) is 15.9 Å². The second-order valence-corrected chi connectivity index (χ2v) is 4.88. The molecule has 0 fully saturated rings. The molecule has 2 aromatic carbocycles. The third kappa shape index (κ3) is 3.29. The van der Waals surface area contributed by atoms with Gasteiger partial charge in [0.05, 0.1) is 15.6 Å². The quantitative estimate of drug-likeness (QED) is 0.516. The van der Waals surface area contributed by atoms with Crippen LogP contribution in [0.15, 0.2) is 36.4 Å². The van der Waals surface area contributed by atoms with Crippen molar-refractivity contribution in [2.75, 3.05) is 11.1 Å². The second kappa shape index (κ2) is 5.80. The van der Waals surface area contributed by atoms with Crippen LogP contribution in [0.5, 0.6) is 0 Å². The lowest BCUT2D eigenvalue weighted by Gasteiger charge is -2.08. The molecule has 108 valence electrons. The van der Waals surface area contributed by atoms with Crippen molar-refractivity contribution in [1.82, 2.24) is 0 Å². The number of nitro groups is 1. The fourth-order valence-electron chi connectivity index (χ4n) is 1.79. The molecule has 0 saturated carbocycles. The number of amides is 1. The number of benzene rings is 2. The highest BCUT2D eigenvalue weighted by Crippen LogP contribution is 2.26. The van der Waals surface area contributed by atoms with Crippen molar-refractivity contribution < 1.29 is 9.72 Å². The molecular weight excluding hydrogens is 294 g/mol. The van der Waals surface area contributed by atoms with Gasteiger partial charge >= 0.3 is 0 Å². The van der Waals surface area contributed by atoms with Gasteiger partial charge in [0.15, 0.2) is 0 Å². The van der Waals surface area contributed by atoms with Crippen molar-refractivity contribution in [2.24, 2.45) is 0 Å². The minimum atomic E-state index is -0.550. The number of anilines is 2. The van der Waals surface area contributed by atoms with Crippen molar-refractivity contribution in [3.8, 4) is 0 Å². The van der Waals surface area contributed by atoms with Gasteiger partial charge in [0.25, 0.3) is 11.6 Å². The number of hydrogen-bond donors (Lipinski definition) is 2. The summed E-state index contributed by atoms with van der Waals surface area (Å²) in [6, 6.07) is 8.90. The average molecular weight is 306 g/mol. The largest absolute Gasteiger partial charge is 0.398 e. The third-order valence-corrected chi connectivity index (χ3v) is 3.20. The van der Waals surface area contributed by atoms with E-state index in [1.165, 1.54) is 30.3 Å². The number of nitrogens with zero attached hydrogens (tertiary/aromatic N) is 1. The summed E-state index contributed by atoms with van der Waals surface area (Å²) in [4.78, 5) is 22.5. The number of aryl methyl sites for hydroxylation is 1. The predicted molar refractivity (Wildman–Crippen MR) is 81.7 cm³/mol. The van der Waals surface area contributed by atoms with Crippen LogP contribution in [0, 0.1) is 17.0 Å². The highest BCUT2D eigenvalue weighted by molar-refractivity contribution is 6.33. The lowest BCUT2D eigenvalue weighted by Crippen LogP contribution is -2.13. The number of carbonyl (C=O) groups excluding carboxylic acids is 1. The Balaban J connectivity index is 2.33. The molecule has 0 atom stereocenters. The first-order valence-electron chi connectivity index (χ1n) is 6.00. The van der Waals surface area contributed by atoms with Crippen LogP contribution in [0.4, 0.5) is 17.1 Å². The molecular formula is C14H12ClN3O3. The molecule has 6 nitrogen and oxygen atoms in total. The Morgan fingerprint density at radius 2 is 2.00 bits per heavy atom. The van der Waals surface area contributed by atoms with Crippen molar-refractivity contribution in [1.29, 1.82) is 0 Å². The van der Waals surface area contributed by atoms with Gasteiger partial charge in [0.1, 0.15) is 5.69 Å². The van der Waals surface area contributed by atoms with Gasteiger partial charge in [-0.25, -0.2) is 0 Å². The van der Waals surface area contributed by atoms with E-state index in [1.807, 2.05) is 0 Å². The van der Waals surface area contributed by atoms with Gasteiger partial charge in [-0.2, -0.15) is 0 Å². The molecule has 7 heteroatoms. The Kier molecular flexibility index (Phi) is 4.09. The van der Waals surface area contributed by atoms with Gasteiger partial charge in [-0.15, -0.1) is 0 Å². The molecule has 0 unspecified atom stereocenters. The van der Waals surface area contributed by atoms with Gasteiger partial charge in [0.2, 0.25) is 0 Å². The molecule has 21 heavy (non-hydrogen) atoms. The molecule has 0 aliphatic heterocycles. The van der Waals surface area contributed by atoms with Crippen molar-refractivity contribution >= 4 is 34.6 Å². The number of rotatable bonds is 3. The molecule has 0 bridgehead atoms. The molecule has 0 heterocycles. The van der Waals surface area contributed by atoms with Crippen LogP contribution >= 0.6 is 11.6 Å². The van der Waals surface area contributed by atoms with Crippen molar-refractivity contribution in [2.45, 2.75) is 6.92 Å². The highest BCUT2D eigenvalue weighted by Gasteiger charge is 2.17. The van der Waals surface area contributed by atoms with E-state index in [9.17, 15) is 14.9 Å². The Hall–Kier alpha value is -2.60. The summed E-state index contributed by atoms with van der Waals surface area (Å²) in [6.45, 7) is 1.78. The summed E-state index contributed by atoms with van der Waals surface area (Å²) >= 11 is 5.79. The molecule has 3 N–H and O–H groups in total. The highest BCUT2D eigenvalue weighted by atomic mass is 35.5. The zero-order valence-electron chi connectivity index (χ0n) is 11.1. The van der Waals surface area contributed by atoms with E-state index in [-0.39, 0.29) is 22.6 Å². The normalized spacial score (nSPS) is 10.2. The summed E-state index contributed by atoms with van der Waals surface area (Å²) in [7, 11) is 0. The molecule has 2 rings (SSSR count). The van der Waals surface area contributed by atoms with E-state index in [2.05, 4.69) is 5.32 Å². The fraction of sp³-hybridized carbons (Fsp3) is 0.0714. The van der Waals surface area contributed by atoms with Crippen LogP contribution in [-0.4, -0.2) is 10.8 Å². The minimum absolute atomic E-state index is 0.138. The Labute approximate surface area is 125 Å². The molecule has 0 aromatic heterocycles. The lowest BCUT2D eigenvalue weighted by molar-refractivity contribution is -0.383. The predicted octanol–water partition coefficient (Wildman–Crippen LogP) is 3.39. The number of nitrogens with one attached hydrogen (secondary N) is 1. The number of halogens is 1. The topological polar surface area (TPSA) is 98.3 Å². The average Bonchev–Trinajstić information content (AvgIpc) is 2.41. The first-order valence-corrected chi connectivity index (χ1v) is 6.37. The molecule has 0 aliphatic carbocycles. The van der Waals surface area contributed by atoms with Gasteiger partial charge in [-0.3, -0.25) is 14.9 Å². The Bertz CT molecular complexity index is 731. The standard InChI is InChI=1S/C14H12ClN3O3/c1-8-2-5-13(18(20)21)12(6-8)17-14(19)9-3-4-10(15)11(16)7-9/h2-7H,16H2,1H3,(H,17,19). The van der Waals surface area contributed by atoms with Gasteiger partial charge in [-0.05, 0) is 36.8 Å². The molecule has 0 spiro atoms. The first kappa shape index (κ1) is 14.8. The number of carbonyl (C=O) groups is 1. The summed E-state index contributed by atoms with van der Waals surface area (Å²) in [6.07, 6.45) is 0. The Morgan fingerprint density at radius 3 is 2.62 bits per heavy atom. The van der Waals surface area contributed by atoms with Gasteiger partial charge < -0.3 is 11.1 Å². The van der Waals surface area contributed by atoms with Crippen LogP contribution in [0.2, 0.25) is 5.02 Å². The van der Waals surface area contributed by atoms with E-state index >= 15 is 0 Å². The minimum Gasteiger partial charge on any atom is -0.398 e. The van der Waals surface area contributed by atoms with Crippen LogP contribution < -0.4 is 11.1 Å². The van der Waals surface area contributed by atoms with Crippen LogP contribution in [0.25, 0.3) is 0 Å². The lowest BCUT2D eigenvalue weighted by atomic mass is 10.1. The Morgan fingerprint density at radius 1 is 1.29 bits per heavy atom.